The number of benzene rings is 1. The fraction of sp³-hybridized carbons (Fsp3) is 0.462. The third kappa shape index (κ3) is 2.83. The molecule has 1 aliphatic rings. The van der Waals surface area contributed by atoms with Crippen molar-refractivity contribution in [2.45, 2.75) is 31.2 Å². The summed E-state index contributed by atoms with van der Waals surface area (Å²) in [7, 11) is 0. The van der Waals surface area contributed by atoms with Crippen molar-refractivity contribution in [3.8, 4) is 0 Å². The molecule has 0 bridgehead atoms. The van der Waals surface area contributed by atoms with Gasteiger partial charge in [0, 0.05) is 15.7 Å². The van der Waals surface area contributed by atoms with E-state index >= 15 is 0 Å². The summed E-state index contributed by atoms with van der Waals surface area (Å²) in [6, 6.07) is 4.52. The lowest BCUT2D eigenvalue weighted by Gasteiger charge is -2.28. The van der Waals surface area contributed by atoms with Crippen molar-refractivity contribution in [3.63, 3.8) is 0 Å². The molecule has 1 aromatic rings. The SMILES string of the molecule is NCC1(NC(=O)c2ccc(I)c(F)c2)CCCC1. The number of hydrogen-bond acceptors (Lipinski definition) is 2. The summed E-state index contributed by atoms with van der Waals surface area (Å²) in [4.78, 5) is 12.1. The zero-order valence-electron chi connectivity index (χ0n) is 10.0. The molecule has 2 rings (SSSR count). The second-order valence-corrected chi connectivity index (χ2v) is 5.94. The second-order valence-electron chi connectivity index (χ2n) is 4.77. The van der Waals surface area contributed by atoms with Crippen LogP contribution in [0.3, 0.4) is 0 Å². The highest BCUT2D eigenvalue weighted by molar-refractivity contribution is 14.1. The molecule has 3 N–H and O–H groups in total. The van der Waals surface area contributed by atoms with E-state index in [0.717, 1.165) is 25.7 Å². The summed E-state index contributed by atoms with van der Waals surface area (Å²) in [5.41, 5.74) is 5.82. The van der Waals surface area contributed by atoms with Crippen LogP contribution in [0.25, 0.3) is 0 Å². The Hall–Kier alpha value is -0.690. The summed E-state index contributed by atoms with van der Waals surface area (Å²) in [5, 5.41) is 2.97. The number of halogens is 2. The fourth-order valence-electron chi connectivity index (χ4n) is 2.38. The van der Waals surface area contributed by atoms with Gasteiger partial charge in [0.2, 0.25) is 0 Å². The summed E-state index contributed by atoms with van der Waals surface area (Å²) in [6.45, 7) is 0.436. The maximum Gasteiger partial charge on any atom is 0.251 e. The van der Waals surface area contributed by atoms with E-state index in [-0.39, 0.29) is 17.3 Å². The van der Waals surface area contributed by atoms with Gasteiger partial charge in [0.1, 0.15) is 5.82 Å². The Morgan fingerprint density at radius 1 is 1.44 bits per heavy atom. The van der Waals surface area contributed by atoms with Crippen LogP contribution in [-0.4, -0.2) is 18.0 Å². The van der Waals surface area contributed by atoms with Gasteiger partial charge in [-0.1, -0.05) is 12.8 Å². The highest BCUT2D eigenvalue weighted by Gasteiger charge is 2.34. The van der Waals surface area contributed by atoms with Gasteiger partial charge in [-0.15, -0.1) is 0 Å². The summed E-state index contributed by atoms with van der Waals surface area (Å²) < 4.78 is 13.9. The largest absolute Gasteiger partial charge is 0.345 e. The molecule has 0 radical (unpaired) electrons. The molecule has 98 valence electrons. The first-order valence-corrected chi connectivity index (χ1v) is 7.12. The van der Waals surface area contributed by atoms with Crippen LogP contribution in [0.2, 0.25) is 0 Å². The highest BCUT2D eigenvalue weighted by atomic mass is 127. The monoisotopic (exact) mass is 362 g/mol. The molecule has 0 saturated heterocycles. The molecule has 3 nitrogen and oxygen atoms in total. The molecule has 1 amide bonds. The van der Waals surface area contributed by atoms with E-state index in [1.165, 1.54) is 6.07 Å². The topological polar surface area (TPSA) is 55.1 Å². The standard InChI is InChI=1S/C13H16FIN2O/c14-10-7-9(3-4-11(10)15)12(18)17-13(8-16)5-1-2-6-13/h3-4,7H,1-2,5-6,8,16H2,(H,17,18). The number of hydrogen-bond donors (Lipinski definition) is 2. The van der Waals surface area contributed by atoms with Gasteiger partial charge in [-0.2, -0.15) is 0 Å². The zero-order valence-corrected chi connectivity index (χ0v) is 12.2. The normalized spacial score (nSPS) is 17.7. The van der Waals surface area contributed by atoms with Gasteiger partial charge in [0.25, 0.3) is 5.91 Å². The fourth-order valence-corrected chi connectivity index (χ4v) is 2.72. The van der Waals surface area contributed by atoms with Gasteiger partial charge in [-0.05, 0) is 53.6 Å². The maximum absolute atomic E-state index is 13.4. The number of rotatable bonds is 3. The van der Waals surface area contributed by atoms with Gasteiger partial charge in [0.05, 0.1) is 5.54 Å². The molecule has 18 heavy (non-hydrogen) atoms. The van der Waals surface area contributed by atoms with Crippen LogP contribution in [0.4, 0.5) is 4.39 Å². The van der Waals surface area contributed by atoms with Crippen LogP contribution in [0.15, 0.2) is 18.2 Å². The summed E-state index contributed by atoms with van der Waals surface area (Å²) in [5.74, 6) is -0.603. The quantitative estimate of drug-likeness (QED) is 0.812. The molecule has 0 aliphatic heterocycles. The molecule has 1 aliphatic carbocycles. The van der Waals surface area contributed by atoms with E-state index in [1.54, 1.807) is 12.1 Å². The first-order chi connectivity index (χ1) is 8.56. The Labute approximate surface area is 119 Å². The molecular weight excluding hydrogens is 346 g/mol. The molecule has 0 heterocycles. The molecule has 0 unspecified atom stereocenters. The van der Waals surface area contributed by atoms with Crippen molar-refractivity contribution < 1.29 is 9.18 Å². The Kier molecular flexibility index (Phi) is 4.21. The van der Waals surface area contributed by atoms with Gasteiger partial charge in [-0.3, -0.25) is 4.79 Å². The van der Waals surface area contributed by atoms with E-state index in [0.29, 0.717) is 15.7 Å². The zero-order chi connectivity index (χ0) is 13.2. The number of carbonyl (C=O) groups excluding carboxylic acids is 1. The van der Waals surface area contributed by atoms with E-state index in [1.807, 2.05) is 22.6 Å². The Morgan fingerprint density at radius 3 is 2.67 bits per heavy atom. The molecule has 5 heteroatoms. The van der Waals surface area contributed by atoms with Gasteiger partial charge in [0.15, 0.2) is 0 Å². The Bertz CT molecular complexity index is 458. The van der Waals surface area contributed by atoms with Crippen molar-refractivity contribution >= 4 is 28.5 Å². The predicted molar refractivity (Wildman–Crippen MR) is 76.8 cm³/mol. The molecular formula is C13H16FIN2O. The van der Waals surface area contributed by atoms with Crippen molar-refractivity contribution in [2.24, 2.45) is 5.73 Å². The molecule has 0 spiro atoms. The smallest absolute Gasteiger partial charge is 0.251 e. The maximum atomic E-state index is 13.4. The molecule has 0 aromatic heterocycles. The first kappa shape index (κ1) is 13.7. The third-order valence-corrected chi connectivity index (χ3v) is 4.39. The molecule has 1 saturated carbocycles. The van der Waals surface area contributed by atoms with Crippen LogP contribution >= 0.6 is 22.6 Å². The first-order valence-electron chi connectivity index (χ1n) is 6.04. The molecule has 1 fully saturated rings. The van der Waals surface area contributed by atoms with Crippen molar-refractivity contribution in [1.29, 1.82) is 0 Å². The van der Waals surface area contributed by atoms with Gasteiger partial charge in [-0.25, -0.2) is 4.39 Å². The van der Waals surface area contributed by atoms with Gasteiger partial charge >= 0.3 is 0 Å². The van der Waals surface area contributed by atoms with E-state index in [9.17, 15) is 9.18 Å². The summed E-state index contributed by atoms with van der Waals surface area (Å²) in [6.07, 6.45) is 3.97. The van der Waals surface area contributed by atoms with Crippen molar-refractivity contribution in [2.75, 3.05) is 6.54 Å². The lowest BCUT2D eigenvalue weighted by atomic mass is 9.97. The minimum absolute atomic E-state index is 0.238. The van der Waals surface area contributed by atoms with E-state index in [4.69, 9.17) is 5.73 Å². The van der Waals surface area contributed by atoms with E-state index in [2.05, 4.69) is 5.32 Å². The van der Waals surface area contributed by atoms with Crippen LogP contribution in [0.1, 0.15) is 36.0 Å². The minimum Gasteiger partial charge on any atom is -0.345 e. The average molecular weight is 362 g/mol. The predicted octanol–water partition coefficient (Wildman–Crippen LogP) is 2.43. The second kappa shape index (κ2) is 5.52. The van der Waals surface area contributed by atoms with Crippen LogP contribution in [0.5, 0.6) is 0 Å². The van der Waals surface area contributed by atoms with Gasteiger partial charge < -0.3 is 11.1 Å². The third-order valence-electron chi connectivity index (χ3n) is 3.51. The van der Waals surface area contributed by atoms with Crippen LogP contribution in [0, 0.1) is 9.39 Å². The highest BCUT2D eigenvalue weighted by Crippen LogP contribution is 2.29. The molecule has 1 aromatic carbocycles. The minimum atomic E-state index is -0.364. The number of nitrogens with two attached hydrogens (primary N) is 1. The average Bonchev–Trinajstić information content (AvgIpc) is 2.82. The number of nitrogens with one attached hydrogen (secondary N) is 1. The van der Waals surface area contributed by atoms with Crippen LogP contribution in [-0.2, 0) is 0 Å². The van der Waals surface area contributed by atoms with Crippen molar-refractivity contribution in [3.05, 3.63) is 33.1 Å². The van der Waals surface area contributed by atoms with E-state index < -0.39 is 0 Å². The lowest BCUT2D eigenvalue weighted by Crippen LogP contribution is -2.51. The Balaban J connectivity index is 2.13. The molecule has 0 atom stereocenters. The lowest BCUT2D eigenvalue weighted by molar-refractivity contribution is 0.0902. The number of amides is 1. The number of carbonyl (C=O) groups is 1. The summed E-state index contributed by atoms with van der Waals surface area (Å²) >= 11 is 1.90. The van der Waals surface area contributed by atoms with Crippen molar-refractivity contribution in [1.82, 2.24) is 5.32 Å². The Morgan fingerprint density at radius 2 is 2.11 bits per heavy atom. The van der Waals surface area contributed by atoms with Crippen LogP contribution < -0.4 is 11.1 Å².